The van der Waals surface area contributed by atoms with Crippen molar-refractivity contribution in [2.75, 3.05) is 0 Å². The smallest absolute Gasteiger partial charge is 0.326 e. The molecule has 0 aliphatic carbocycles. The van der Waals surface area contributed by atoms with Crippen LogP contribution in [0.5, 0.6) is 0 Å². The second-order valence-electron chi connectivity index (χ2n) is 8.20. The zero-order valence-corrected chi connectivity index (χ0v) is 18.6. The molecule has 0 aromatic heterocycles. The average molecular weight is 460 g/mol. The van der Waals surface area contributed by atoms with E-state index in [2.05, 4.69) is 16.0 Å². The zero-order valence-electron chi connectivity index (χ0n) is 18.6. The molecule has 0 aromatic rings. The molecule has 0 fully saturated rings. The summed E-state index contributed by atoms with van der Waals surface area (Å²) in [5.41, 5.74) is 10.6. The molecule has 13 heteroatoms. The van der Waals surface area contributed by atoms with Crippen molar-refractivity contribution in [2.24, 2.45) is 23.3 Å². The second-order valence-corrected chi connectivity index (χ2v) is 8.20. The summed E-state index contributed by atoms with van der Waals surface area (Å²) < 4.78 is 0. The number of carboxylic acids is 2. The summed E-state index contributed by atoms with van der Waals surface area (Å²) in [6.07, 6.45) is -1.14. The summed E-state index contributed by atoms with van der Waals surface area (Å²) in [6.45, 7) is 6.80. The highest BCUT2D eigenvalue weighted by Gasteiger charge is 2.32. The standard InChI is InChI=1S/C19H33N5O8/c1-8(2)5-11(17(29)23-12(19(31)32)7-14(26)27)22-18(30)15(9(3)4)24-16(28)10(20)6-13(21)25/h8-12,15H,5-7,20H2,1-4H3,(H2,21,25)(H,22,30)(H,23,29)(H,24,28)(H,26,27)(H,31,32). The number of amides is 4. The van der Waals surface area contributed by atoms with Crippen LogP contribution in [0.25, 0.3) is 0 Å². The van der Waals surface area contributed by atoms with Crippen molar-refractivity contribution in [3.8, 4) is 0 Å². The Kier molecular flexibility index (Phi) is 11.9. The Hall–Kier alpha value is -3.22. The highest BCUT2D eigenvalue weighted by molar-refractivity contribution is 5.95. The third-order valence-electron chi connectivity index (χ3n) is 4.34. The van der Waals surface area contributed by atoms with E-state index in [0.29, 0.717) is 0 Å². The van der Waals surface area contributed by atoms with Crippen LogP contribution in [0.1, 0.15) is 47.0 Å². The van der Waals surface area contributed by atoms with E-state index in [9.17, 15) is 28.8 Å². The molecule has 13 nitrogen and oxygen atoms in total. The molecule has 0 saturated heterocycles. The van der Waals surface area contributed by atoms with Gasteiger partial charge in [-0.3, -0.25) is 24.0 Å². The number of rotatable bonds is 14. The Morgan fingerprint density at radius 1 is 0.781 bits per heavy atom. The third kappa shape index (κ3) is 10.7. The fourth-order valence-electron chi connectivity index (χ4n) is 2.72. The molecule has 0 aliphatic heterocycles. The molecule has 0 saturated carbocycles. The Morgan fingerprint density at radius 2 is 1.31 bits per heavy atom. The average Bonchev–Trinajstić information content (AvgIpc) is 2.62. The molecule has 4 atom stereocenters. The molecule has 0 rings (SSSR count). The van der Waals surface area contributed by atoms with Crippen molar-refractivity contribution >= 4 is 35.6 Å². The Bertz CT molecular complexity index is 725. The van der Waals surface area contributed by atoms with E-state index in [-0.39, 0.29) is 12.3 Å². The molecule has 0 aromatic carbocycles. The van der Waals surface area contributed by atoms with Gasteiger partial charge < -0.3 is 37.6 Å². The lowest BCUT2D eigenvalue weighted by Gasteiger charge is -2.27. The van der Waals surface area contributed by atoms with Crippen LogP contribution in [0.15, 0.2) is 0 Å². The van der Waals surface area contributed by atoms with Gasteiger partial charge in [-0.15, -0.1) is 0 Å². The minimum absolute atomic E-state index is 0.0927. The zero-order chi connectivity index (χ0) is 25.2. The first kappa shape index (κ1) is 28.8. The van der Waals surface area contributed by atoms with Crippen molar-refractivity contribution in [1.29, 1.82) is 0 Å². The monoisotopic (exact) mass is 459 g/mol. The van der Waals surface area contributed by atoms with Gasteiger partial charge in [0.25, 0.3) is 0 Å². The molecule has 0 aliphatic rings. The van der Waals surface area contributed by atoms with Gasteiger partial charge in [0.15, 0.2) is 0 Å². The summed E-state index contributed by atoms with van der Waals surface area (Å²) in [5, 5.41) is 25.0. The number of nitrogens with one attached hydrogen (secondary N) is 3. The van der Waals surface area contributed by atoms with Crippen LogP contribution in [-0.4, -0.2) is 69.9 Å². The molecule has 0 spiro atoms. The molecule has 9 N–H and O–H groups in total. The maximum absolute atomic E-state index is 12.8. The maximum Gasteiger partial charge on any atom is 0.326 e. The van der Waals surface area contributed by atoms with Crippen LogP contribution < -0.4 is 27.4 Å². The van der Waals surface area contributed by atoms with Crippen LogP contribution in [0.4, 0.5) is 0 Å². The van der Waals surface area contributed by atoms with Crippen LogP contribution in [0.2, 0.25) is 0 Å². The number of aliphatic carboxylic acids is 2. The van der Waals surface area contributed by atoms with Gasteiger partial charge in [0.2, 0.25) is 23.6 Å². The van der Waals surface area contributed by atoms with E-state index < -0.39 is 78.5 Å². The van der Waals surface area contributed by atoms with Crippen molar-refractivity contribution in [3.05, 3.63) is 0 Å². The first-order chi connectivity index (χ1) is 14.6. The molecule has 0 bridgehead atoms. The number of carbonyl (C=O) groups excluding carboxylic acids is 4. The SMILES string of the molecule is CC(C)CC(NC(=O)C(NC(=O)C(N)CC(N)=O)C(C)C)C(=O)NC(CC(=O)O)C(=O)O. The van der Waals surface area contributed by atoms with E-state index in [0.717, 1.165) is 0 Å². The first-order valence-corrected chi connectivity index (χ1v) is 10.0. The van der Waals surface area contributed by atoms with Crippen molar-refractivity contribution in [1.82, 2.24) is 16.0 Å². The van der Waals surface area contributed by atoms with E-state index >= 15 is 0 Å². The number of carbonyl (C=O) groups is 6. The maximum atomic E-state index is 12.8. The number of nitrogens with two attached hydrogens (primary N) is 2. The van der Waals surface area contributed by atoms with Crippen molar-refractivity contribution in [3.63, 3.8) is 0 Å². The quantitative estimate of drug-likeness (QED) is 0.151. The Labute approximate surface area is 185 Å². The van der Waals surface area contributed by atoms with E-state index in [4.69, 9.17) is 21.7 Å². The molecule has 0 heterocycles. The van der Waals surface area contributed by atoms with Gasteiger partial charge in [-0.1, -0.05) is 27.7 Å². The van der Waals surface area contributed by atoms with E-state index in [1.807, 2.05) is 0 Å². The van der Waals surface area contributed by atoms with Gasteiger partial charge in [0.05, 0.1) is 18.9 Å². The number of hydrogen-bond acceptors (Lipinski definition) is 7. The molecule has 4 unspecified atom stereocenters. The van der Waals surface area contributed by atoms with Crippen LogP contribution in [0, 0.1) is 11.8 Å². The Morgan fingerprint density at radius 3 is 1.72 bits per heavy atom. The number of hydrogen-bond donors (Lipinski definition) is 7. The van der Waals surface area contributed by atoms with Gasteiger partial charge in [-0.2, -0.15) is 0 Å². The van der Waals surface area contributed by atoms with Crippen LogP contribution in [0.3, 0.4) is 0 Å². The molecular weight excluding hydrogens is 426 g/mol. The van der Waals surface area contributed by atoms with Crippen molar-refractivity contribution in [2.45, 2.75) is 71.1 Å². The lowest BCUT2D eigenvalue weighted by molar-refractivity contribution is -0.147. The van der Waals surface area contributed by atoms with Gasteiger partial charge in [0.1, 0.15) is 18.1 Å². The minimum atomic E-state index is -1.68. The fraction of sp³-hybridized carbons (Fsp3) is 0.684. The summed E-state index contributed by atoms with van der Waals surface area (Å²) in [4.78, 5) is 70.7. The molecular formula is C19H33N5O8. The predicted octanol–water partition coefficient (Wildman–Crippen LogP) is -2.10. The summed E-state index contributed by atoms with van der Waals surface area (Å²) in [7, 11) is 0. The number of primary amides is 1. The topological polar surface area (TPSA) is 231 Å². The molecule has 4 amide bonds. The molecule has 0 radical (unpaired) electrons. The van der Waals surface area contributed by atoms with Crippen LogP contribution >= 0.6 is 0 Å². The van der Waals surface area contributed by atoms with Gasteiger partial charge in [-0.05, 0) is 18.3 Å². The van der Waals surface area contributed by atoms with E-state index in [1.165, 1.54) is 0 Å². The largest absolute Gasteiger partial charge is 0.481 e. The predicted molar refractivity (Wildman–Crippen MR) is 112 cm³/mol. The highest BCUT2D eigenvalue weighted by atomic mass is 16.4. The summed E-state index contributed by atoms with van der Waals surface area (Å²) >= 11 is 0. The third-order valence-corrected chi connectivity index (χ3v) is 4.34. The second kappa shape index (κ2) is 13.2. The van der Waals surface area contributed by atoms with Crippen molar-refractivity contribution < 1.29 is 39.0 Å². The Balaban J connectivity index is 5.46. The summed E-state index contributed by atoms with van der Waals surface area (Å²) in [5.74, 6) is -6.66. The minimum Gasteiger partial charge on any atom is -0.481 e. The lowest BCUT2D eigenvalue weighted by atomic mass is 9.99. The molecule has 182 valence electrons. The van der Waals surface area contributed by atoms with E-state index in [1.54, 1.807) is 27.7 Å². The van der Waals surface area contributed by atoms with Gasteiger partial charge >= 0.3 is 11.9 Å². The lowest BCUT2D eigenvalue weighted by Crippen LogP contribution is -2.58. The highest BCUT2D eigenvalue weighted by Crippen LogP contribution is 2.09. The fourth-order valence-corrected chi connectivity index (χ4v) is 2.72. The van der Waals surface area contributed by atoms with Gasteiger partial charge in [-0.25, -0.2) is 4.79 Å². The van der Waals surface area contributed by atoms with Crippen LogP contribution in [-0.2, 0) is 28.8 Å². The normalized spacial score (nSPS) is 14.7. The van der Waals surface area contributed by atoms with Gasteiger partial charge in [0, 0.05) is 0 Å². The molecule has 32 heavy (non-hydrogen) atoms. The first-order valence-electron chi connectivity index (χ1n) is 10.0. The summed E-state index contributed by atoms with van der Waals surface area (Å²) in [6, 6.07) is -5.24. The number of carboxylic acid groups (broad SMARTS) is 2.